The Labute approximate surface area is 141 Å². The molecule has 0 aliphatic rings. The van der Waals surface area contributed by atoms with Crippen molar-refractivity contribution in [2.24, 2.45) is 5.73 Å². The molecular formula is C17H13N7O. The molecule has 1 aromatic carbocycles. The highest BCUT2D eigenvalue weighted by Gasteiger charge is 2.18. The third kappa shape index (κ3) is 2.45. The van der Waals surface area contributed by atoms with Gasteiger partial charge in [0, 0.05) is 23.2 Å². The number of fused-ring (bicyclic) bond motifs is 2. The quantitative estimate of drug-likeness (QED) is 0.380. The van der Waals surface area contributed by atoms with Crippen molar-refractivity contribution in [2.75, 3.05) is 0 Å². The second kappa shape index (κ2) is 5.68. The monoisotopic (exact) mass is 331 g/mol. The predicted octanol–water partition coefficient (Wildman–Crippen LogP) is 1.59. The zero-order valence-electron chi connectivity index (χ0n) is 13.0. The molecule has 0 fully saturated rings. The molecule has 0 atom stereocenters. The van der Waals surface area contributed by atoms with Crippen LogP contribution < -0.4 is 11.1 Å². The van der Waals surface area contributed by atoms with E-state index in [-0.39, 0.29) is 0 Å². The van der Waals surface area contributed by atoms with Crippen molar-refractivity contribution in [2.45, 2.75) is 0 Å². The van der Waals surface area contributed by atoms with Crippen LogP contribution >= 0.6 is 0 Å². The number of pyridine rings is 1. The van der Waals surface area contributed by atoms with Gasteiger partial charge in [-0.25, -0.2) is 15.0 Å². The van der Waals surface area contributed by atoms with E-state index in [9.17, 15) is 4.79 Å². The van der Waals surface area contributed by atoms with E-state index in [1.165, 1.54) is 6.33 Å². The van der Waals surface area contributed by atoms with Crippen LogP contribution in [0.3, 0.4) is 0 Å². The third-order valence-corrected chi connectivity index (χ3v) is 3.81. The van der Waals surface area contributed by atoms with Crippen LogP contribution in [0.15, 0.2) is 55.1 Å². The summed E-state index contributed by atoms with van der Waals surface area (Å²) in [6.45, 7) is 0. The van der Waals surface area contributed by atoms with Crippen LogP contribution in [0.5, 0.6) is 0 Å². The van der Waals surface area contributed by atoms with Gasteiger partial charge in [-0.05, 0) is 24.3 Å². The number of amides is 1. The number of nitrogens with one attached hydrogen (secondary N) is 2. The van der Waals surface area contributed by atoms with Crippen molar-refractivity contribution >= 4 is 33.8 Å². The smallest absolute Gasteiger partial charge is 0.260 e. The summed E-state index contributed by atoms with van der Waals surface area (Å²) in [6.07, 6.45) is 4.77. The number of aromatic nitrogens is 4. The Morgan fingerprint density at radius 3 is 2.72 bits per heavy atom. The number of hydrogen-bond acceptors (Lipinski definition) is 5. The van der Waals surface area contributed by atoms with Crippen LogP contribution in [0, 0.1) is 5.41 Å². The largest absolute Gasteiger partial charge is 0.370 e. The third-order valence-electron chi connectivity index (χ3n) is 3.81. The lowest BCUT2D eigenvalue weighted by Crippen LogP contribution is -2.35. The Hall–Kier alpha value is -3.81. The highest BCUT2D eigenvalue weighted by atomic mass is 16.1. The number of hydrogen-bond donors (Lipinski definition) is 3. The van der Waals surface area contributed by atoms with Crippen LogP contribution in [-0.4, -0.2) is 31.4 Å². The molecule has 0 aliphatic carbocycles. The molecule has 3 heterocycles. The molecule has 25 heavy (non-hydrogen) atoms. The molecule has 0 saturated carbocycles. The first-order valence-corrected chi connectivity index (χ1v) is 7.46. The minimum Gasteiger partial charge on any atom is -0.370 e. The average Bonchev–Trinajstić information content (AvgIpc) is 3.00. The van der Waals surface area contributed by atoms with E-state index in [2.05, 4.69) is 20.3 Å². The standard InChI is InChI=1S/C17H13N7O/c18-17(19)23-16(25)12-8-24(14-10(12)5-3-7-20-14)15-11-4-1-2-6-13(11)21-9-22-15/h1-9H,(H4,18,19,23,25). The Bertz CT molecular complexity index is 1130. The highest BCUT2D eigenvalue weighted by Crippen LogP contribution is 2.25. The maximum Gasteiger partial charge on any atom is 0.260 e. The molecular weight excluding hydrogens is 318 g/mol. The molecule has 4 aromatic rings. The van der Waals surface area contributed by atoms with Crippen molar-refractivity contribution in [3.8, 4) is 5.82 Å². The lowest BCUT2D eigenvalue weighted by molar-refractivity contribution is 0.0978. The maximum absolute atomic E-state index is 12.4. The summed E-state index contributed by atoms with van der Waals surface area (Å²) in [7, 11) is 0. The molecule has 3 aromatic heterocycles. The predicted molar refractivity (Wildman–Crippen MR) is 93.5 cm³/mol. The second-order valence-corrected chi connectivity index (χ2v) is 5.37. The molecule has 4 rings (SSSR count). The van der Waals surface area contributed by atoms with E-state index in [4.69, 9.17) is 11.1 Å². The minimum absolute atomic E-state index is 0.362. The maximum atomic E-state index is 12.4. The molecule has 0 spiro atoms. The summed E-state index contributed by atoms with van der Waals surface area (Å²) in [5.41, 5.74) is 7.01. The Kier molecular flexibility index (Phi) is 3.35. The van der Waals surface area contributed by atoms with Gasteiger partial charge in [-0.1, -0.05) is 12.1 Å². The zero-order chi connectivity index (χ0) is 17.4. The van der Waals surface area contributed by atoms with Gasteiger partial charge in [-0.15, -0.1) is 0 Å². The van der Waals surface area contributed by atoms with Crippen LogP contribution in [-0.2, 0) is 0 Å². The van der Waals surface area contributed by atoms with Gasteiger partial charge in [0.15, 0.2) is 5.96 Å². The van der Waals surface area contributed by atoms with Crippen molar-refractivity contribution in [3.63, 3.8) is 0 Å². The number of carbonyl (C=O) groups is 1. The van der Waals surface area contributed by atoms with Crippen LogP contribution in [0.4, 0.5) is 0 Å². The number of nitrogens with zero attached hydrogens (tertiary/aromatic N) is 4. The molecule has 4 N–H and O–H groups in total. The number of carbonyl (C=O) groups excluding carboxylic acids is 1. The second-order valence-electron chi connectivity index (χ2n) is 5.37. The normalized spacial score (nSPS) is 10.9. The van der Waals surface area contributed by atoms with Gasteiger partial charge >= 0.3 is 0 Å². The number of rotatable bonds is 2. The molecule has 0 radical (unpaired) electrons. The molecule has 8 heteroatoms. The van der Waals surface area contributed by atoms with E-state index in [0.717, 1.165) is 10.9 Å². The minimum atomic E-state index is -0.470. The molecule has 1 amide bonds. The Balaban J connectivity index is 1.99. The van der Waals surface area contributed by atoms with Gasteiger partial charge in [-0.3, -0.25) is 20.1 Å². The fraction of sp³-hybridized carbons (Fsp3) is 0. The van der Waals surface area contributed by atoms with Gasteiger partial charge in [0.05, 0.1) is 11.1 Å². The summed E-state index contributed by atoms with van der Waals surface area (Å²) in [5, 5.41) is 11.0. The molecule has 0 bridgehead atoms. The van der Waals surface area contributed by atoms with E-state index < -0.39 is 11.9 Å². The summed E-state index contributed by atoms with van der Waals surface area (Å²) < 4.78 is 1.74. The first-order valence-electron chi connectivity index (χ1n) is 7.46. The molecule has 8 nitrogen and oxygen atoms in total. The lowest BCUT2D eigenvalue weighted by atomic mass is 10.2. The lowest BCUT2D eigenvalue weighted by Gasteiger charge is -2.06. The first-order chi connectivity index (χ1) is 12.1. The van der Waals surface area contributed by atoms with Crippen LogP contribution in [0.25, 0.3) is 27.8 Å². The highest BCUT2D eigenvalue weighted by molar-refractivity contribution is 6.12. The number of nitrogens with two attached hydrogens (primary N) is 1. The van der Waals surface area contributed by atoms with Gasteiger partial charge in [0.2, 0.25) is 0 Å². The summed E-state index contributed by atoms with van der Waals surface area (Å²) in [6, 6.07) is 11.1. The van der Waals surface area contributed by atoms with Crippen molar-refractivity contribution in [1.82, 2.24) is 24.8 Å². The first kappa shape index (κ1) is 14.8. The van der Waals surface area contributed by atoms with Crippen LogP contribution in [0.1, 0.15) is 10.4 Å². The van der Waals surface area contributed by atoms with Gasteiger partial charge < -0.3 is 5.73 Å². The van der Waals surface area contributed by atoms with E-state index in [0.29, 0.717) is 22.4 Å². The molecule has 122 valence electrons. The average molecular weight is 331 g/mol. The SMILES string of the molecule is N=C(N)NC(=O)c1cn(-c2ncnc3ccccc23)c2ncccc12. The topological polar surface area (TPSA) is 123 Å². The fourth-order valence-corrected chi connectivity index (χ4v) is 2.77. The van der Waals surface area contributed by atoms with Gasteiger partial charge in [0.1, 0.15) is 17.8 Å². The van der Waals surface area contributed by atoms with Crippen molar-refractivity contribution in [1.29, 1.82) is 5.41 Å². The van der Waals surface area contributed by atoms with Gasteiger partial charge in [-0.2, -0.15) is 0 Å². The Morgan fingerprint density at radius 1 is 1.08 bits per heavy atom. The van der Waals surface area contributed by atoms with Gasteiger partial charge in [0.25, 0.3) is 5.91 Å². The zero-order valence-corrected chi connectivity index (χ0v) is 13.0. The van der Waals surface area contributed by atoms with E-state index >= 15 is 0 Å². The summed E-state index contributed by atoms with van der Waals surface area (Å²) in [5.74, 6) is -0.263. The van der Waals surface area contributed by atoms with Crippen LogP contribution in [0.2, 0.25) is 0 Å². The molecule has 0 unspecified atom stereocenters. The number of guanidine groups is 1. The summed E-state index contributed by atoms with van der Waals surface area (Å²) in [4.78, 5) is 25.4. The molecule has 0 aliphatic heterocycles. The Morgan fingerprint density at radius 2 is 1.88 bits per heavy atom. The summed E-state index contributed by atoms with van der Waals surface area (Å²) >= 11 is 0. The van der Waals surface area contributed by atoms with E-state index in [1.807, 2.05) is 24.3 Å². The number of benzene rings is 1. The van der Waals surface area contributed by atoms with Crippen molar-refractivity contribution in [3.05, 3.63) is 60.7 Å². The number of para-hydroxylation sites is 1. The van der Waals surface area contributed by atoms with E-state index in [1.54, 1.807) is 29.1 Å². The fourth-order valence-electron chi connectivity index (χ4n) is 2.77. The van der Waals surface area contributed by atoms with Crippen molar-refractivity contribution < 1.29 is 4.79 Å². The molecule has 0 saturated heterocycles.